The summed E-state index contributed by atoms with van der Waals surface area (Å²) >= 11 is 0. The third kappa shape index (κ3) is 2.85. The van der Waals surface area contributed by atoms with Crippen molar-refractivity contribution in [1.29, 1.82) is 0 Å². The van der Waals surface area contributed by atoms with Gasteiger partial charge in [0.2, 0.25) is 0 Å². The van der Waals surface area contributed by atoms with Gasteiger partial charge in [0, 0.05) is 17.0 Å². The van der Waals surface area contributed by atoms with Crippen LogP contribution in [-0.2, 0) is 6.54 Å². The fourth-order valence-electron chi connectivity index (χ4n) is 3.02. The van der Waals surface area contributed by atoms with Gasteiger partial charge in [-0.1, -0.05) is 24.3 Å². The lowest BCUT2D eigenvalue weighted by Crippen LogP contribution is -2.34. The first-order valence-corrected chi connectivity index (χ1v) is 8.27. The number of carbonyl (C=O) groups excluding carboxylic acids is 1. The molecular formula is C19H15F2N3O2. The number of aromatic amines is 1. The summed E-state index contributed by atoms with van der Waals surface area (Å²) in [7, 11) is 0. The van der Waals surface area contributed by atoms with E-state index in [1.54, 1.807) is 24.3 Å². The lowest BCUT2D eigenvalue weighted by molar-refractivity contribution is 0.0721. The first-order valence-electron chi connectivity index (χ1n) is 8.27. The Morgan fingerprint density at radius 2 is 1.73 bits per heavy atom. The SMILES string of the molecule is O=C(c1n[nH]c(=O)c2ccccc12)N(Cc1c(F)cccc1F)C1CC1. The van der Waals surface area contributed by atoms with E-state index in [-0.39, 0.29) is 23.8 Å². The van der Waals surface area contributed by atoms with Crippen molar-refractivity contribution < 1.29 is 13.6 Å². The predicted octanol–water partition coefficient (Wildman–Crippen LogP) is 3.01. The van der Waals surface area contributed by atoms with Gasteiger partial charge < -0.3 is 4.90 Å². The molecule has 4 rings (SSSR count). The zero-order valence-electron chi connectivity index (χ0n) is 13.7. The maximum Gasteiger partial charge on any atom is 0.275 e. The standard InChI is InChI=1S/C19H15F2N3O2/c20-15-6-3-7-16(21)14(15)10-24(11-8-9-11)19(26)17-12-4-1-2-5-13(12)18(25)23-22-17/h1-7,11H,8-10H2,(H,23,25). The van der Waals surface area contributed by atoms with Crippen LogP contribution in [0.25, 0.3) is 10.8 Å². The number of nitrogens with zero attached hydrogens (tertiary/aromatic N) is 2. The third-order valence-electron chi connectivity index (χ3n) is 4.54. The number of benzene rings is 2. The molecule has 1 amide bonds. The van der Waals surface area contributed by atoms with Gasteiger partial charge in [0.15, 0.2) is 5.69 Å². The molecule has 1 heterocycles. The minimum absolute atomic E-state index is 0.0730. The van der Waals surface area contributed by atoms with Gasteiger partial charge in [-0.15, -0.1) is 0 Å². The van der Waals surface area contributed by atoms with E-state index in [9.17, 15) is 18.4 Å². The predicted molar refractivity (Wildman–Crippen MR) is 91.6 cm³/mol. The quantitative estimate of drug-likeness (QED) is 0.782. The summed E-state index contributed by atoms with van der Waals surface area (Å²) in [5.74, 6) is -1.84. The highest BCUT2D eigenvalue weighted by Gasteiger charge is 2.35. The Hall–Kier alpha value is -3.09. The van der Waals surface area contributed by atoms with Crippen molar-refractivity contribution in [2.24, 2.45) is 0 Å². The Balaban J connectivity index is 1.76. The molecule has 1 fully saturated rings. The molecule has 132 valence electrons. The van der Waals surface area contributed by atoms with E-state index in [1.807, 2.05) is 0 Å². The molecule has 0 aliphatic heterocycles. The summed E-state index contributed by atoms with van der Waals surface area (Å²) in [5.41, 5.74) is -0.472. The number of carbonyl (C=O) groups is 1. The maximum atomic E-state index is 14.0. The molecule has 5 nitrogen and oxygen atoms in total. The van der Waals surface area contributed by atoms with E-state index in [1.165, 1.54) is 23.1 Å². The van der Waals surface area contributed by atoms with E-state index >= 15 is 0 Å². The molecular weight excluding hydrogens is 340 g/mol. The van der Waals surface area contributed by atoms with E-state index in [2.05, 4.69) is 10.2 Å². The number of rotatable bonds is 4. The number of hydrogen-bond acceptors (Lipinski definition) is 3. The van der Waals surface area contributed by atoms with Crippen LogP contribution in [-0.4, -0.2) is 27.0 Å². The van der Waals surface area contributed by atoms with Crippen LogP contribution in [0.4, 0.5) is 8.78 Å². The number of fused-ring (bicyclic) bond motifs is 1. The molecule has 0 unspecified atom stereocenters. The van der Waals surface area contributed by atoms with Gasteiger partial charge in [-0.05, 0) is 31.0 Å². The highest BCUT2D eigenvalue weighted by molar-refractivity contribution is 6.04. The molecule has 0 radical (unpaired) electrons. The molecule has 0 atom stereocenters. The molecule has 1 aromatic heterocycles. The van der Waals surface area contributed by atoms with Crippen molar-refractivity contribution in [3.8, 4) is 0 Å². The number of halogens is 2. The second-order valence-electron chi connectivity index (χ2n) is 6.31. The Labute approximate surface area is 147 Å². The number of aromatic nitrogens is 2. The Morgan fingerprint density at radius 3 is 2.38 bits per heavy atom. The molecule has 1 aliphatic carbocycles. The smallest absolute Gasteiger partial charge is 0.275 e. The second-order valence-corrected chi connectivity index (χ2v) is 6.31. The van der Waals surface area contributed by atoms with Crippen LogP contribution in [0.2, 0.25) is 0 Å². The van der Waals surface area contributed by atoms with Crippen molar-refractivity contribution in [1.82, 2.24) is 15.1 Å². The highest BCUT2D eigenvalue weighted by atomic mass is 19.1. The van der Waals surface area contributed by atoms with Gasteiger partial charge in [-0.3, -0.25) is 9.59 Å². The van der Waals surface area contributed by atoms with Gasteiger partial charge >= 0.3 is 0 Å². The number of hydrogen-bond donors (Lipinski definition) is 1. The van der Waals surface area contributed by atoms with Gasteiger partial charge in [0.05, 0.1) is 11.9 Å². The molecule has 0 spiro atoms. The molecule has 3 aromatic rings. The normalized spacial score (nSPS) is 13.8. The van der Waals surface area contributed by atoms with Crippen LogP contribution < -0.4 is 5.56 Å². The number of H-pyrrole nitrogens is 1. The molecule has 0 saturated heterocycles. The van der Waals surface area contributed by atoms with E-state index < -0.39 is 23.1 Å². The molecule has 26 heavy (non-hydrogen) atoms. The van der Waals surface area contributed by atoms with E-state index in [0.717, 1.165) is 12.8 Å². The molecule has 7 heteroatoms. The Kier molecular flexibility index (Phi) is 3.99. The van der Waals surface area contributed by atoms with Crippen LogP contribution in [0.3, 0.4) is 0 Å². The second kappa shape index (κ2) is 6.33. The Morgan fingerprint density at radius 1 is 1.08 bits per heavy atom. The van der Waals surface area contributed by atoms with Crippen molar-refractivity contribution in [3.05, 3.63) is 75.7 Å². The first-order chi connectivity index (χ1) is 12.6. The van der Waals surface area contributed by atoms with Gasteiger partial charge in [-0.25, -0.2) is 13.9 Å². The van der Waals surface area contributed by atoms with Crippen molar-refractivity contribution in [2.45, 2.75) is 25.4 Å². The largest absolute Gasteiger partial charge is 0.330 e. The number of amides is 1. The minimum atomic E-state index is -0.692. The summed E-state index contributed by atoms with van der Waals surface area (Å²) in [6.07, 6.45) is 1.53. The van der Waals surface area contributed by atoms with Crippen LogP contribution in [0.1, 0.15) is 28.9 Å². The molecule has 1 aliphatic rings. The van der Waals surface area contributed by atoms with Gasteiger partial charge in [0.25, 0.3) is 11.5 Å². The lowest BCUT2D eigenvalue weighted by Gasteiger charge is -2.23. The van der Waals surface area contributed by atoms with Crippen molar-refractivity contribution in [2.75, 3.05) is 0 Å². The molecule has 0 bridgehead atoms. The first kappa shape index (κ1) is 16.4. The Bertz CT molecular complexity index is 1040. The summed E-state index contributed by atoms with van der Waals surface area (Å²) in [6, 6.07) is 10.2. The van der Waals surface area contributed by atoms with E-state index in [0.29, 0.717) is 10.8 Å². The van der Waals surface area contributed by atoms with Crippen molar-refractivity contribution in [3.63, 3.8) is 0 Å². The average Bonchev–Trinajstić information content (AvgIpc) is 3.47. The monoisotopic (exact) mass is 355 g/mol. The summed E-state index contributed by atoms with van der Waals surface area (Å²) in [4.78, 5) is 26.4. The van der Waals surface area contributed by atoms with Crippen LogP contribution in [0, 0.1) is 11.6 Å². The highest BCUT2D eigenvalue weighted by Crippen LogP contribution is 2.31. The summed E-state index contributed by atoms with van der Waals surface area (Å²) in [5, 5.41) is 6.99. The zero-order valence-corrected chi connectivity index (χ0v) is 13.7. The van der Waals surface area contributed by atoms with Crippen LogP contribution in [0.15, 0.2) is 47.3 Å². The maximum absolute atomic E-state index is 14.0. The lowest BCUT2D eigenvalue weighted by atomic mass is 10.1. The molecule has 2 aromatic carbocycles. The molecule has 1 N–H and O–H groups in total. The van der Waals surface area contributed by atoms with E-state index in [4.69, 9.17) is 0 Å². The van der Waals surface area contributed by atoms with Crippen molar-refractivity contribution >= 4 is 16.7 Å². The number of nitrogens with one attached hydrogen (secondary N) is 1. The van der Waals surface area contributed by atoms with Gasteiger partial charge in [0.1, 0.15) is 11.6 Å². The fourth-order valence-corrected chi connectivity index (χ4v) is 3.02. The zero-order chi connectivity index (χ0) is 18.3. The minimum Gasteiger partial charge on any atom is -0.330 e. The third-order valence-corrected chi connectivity index (χ3v) is 4.54. The fraction of sp³-hybridized carbons (Fsp3) is 0.211. The molecule has 1 saturated carbocycles. The summed E-state index contributed by atoms with van der Waals surface area (Å²) in [6.45, 7) is -0.183. The average molecular weight is 355 g/mol. The topological polar surface area (TPSA) is 66.1 Å². The van der Waals surface area contributed by atoms with Gasteiger partial charge in [-0.2, -0.15) is 5.10 Å². The van der Waals surface area contributed by atoms with Crippen LogP contribution in [0.5, 0.6) is 0 Å². The van der Waals surface area contributed by atoms with Crippen LogP contribution >= 0.6 is 0 Å². The summed E-state index contributed by atoms with van der Waals surface area (Å²) < 4.78 is 28.1.